The van der Waals surface area contributed by atoms with Crippen molar-refractivity contribution in [1.29, 1.82) is 5.41 Å². The van der Waals surface area contributed by atoms with Crippen LogP contribution in [0.1, 0.15) is 48.5 Å². The van der Waals surface area contributed by atoms with Crippen LogP contribution in [0.4, 0.5) is 0 Å². The van der Waals surface area contributed by atoms with Gasteiger partial charge in [0.2, 0.25) is 0 Å². The molecule has 3 aromatic heterocycles. The number of fused-ring (bicyclic) bond motifs is 2. The molecule has 1 aliphatic rings. The van der Waals surface area contributed by atoms with Crippen molar-refractivity contribution in [1.82, 2.24) is 19.3 Å². The summed E-state index contributed by atoms with van der Waals surface area (Å²) in [4.78, 5) is 30.5. The monoisotopic (exact) mass is 377 g/mol. The van der Waals surface area contributed by atoms with Crippen LogP contribution >= 0.6 is 0 Å². The van der Waals surface area contributed by atoms with E-state index in [1.807, 2.05) is 6.07 Å². The summed E-state index contributed by atoms with van der Waals surface area (Å²) in [6.45, 7) is 3.91. The van der Waals surface area contributed by atoms with Gasteiger partial charge in [0.05, 0.1) is 10.9 Å². The van der Waals surface area contributed by atoms with E-state index < -0.39 is 0 Å². The van der Waals surface area contributed by atoms with Gasteiger partial charge >= 0.3 is 0 Å². The van der Waals surface area contributed by atoms with E-state index in [4.69, 9.17) is 10.4 Å². The summed E-state index contributed by atoms with van der Waals surface area (Å²) < 4.78 is 3.27. The molecule has 4 rings (SSSR count). The Balaban J connectivity index is 2.05. The van der Waals surface area contributed by atoms with Crippen LogP contribution in [0.3, 0.4) is 0 Å². The molecule has 0 bridgehead atoms. The molecule has 0 saturated heterocycles. The quantitative estimate of drug-likeness (QED) is 0.541. The fourth-order valence-corrected chi connectivity index (χ4v) is 3.98. The van der Waals surface area contributed by atoms with E-state index in [1.165, 1.54) is 16.9 Å². The zero-order valence-electron chi connectivity index (χ0n) is 15.6. The molecule has 2 N–H and O–H groups in total. The van der Waals surface area contributed by atoms with Crippen molar-refractivity contribution in [3.63, 3.8) is 0 Å². The lowest BCUT2D eigenvalue weighted by Gasteiger charge is -2.26. The minimum absolute atomic E-state index is 0.0639. The van der Waals surface area contributed by atoms with E-state index in [-0.39, 0.29) is 28.6 Å². The third-order valence-corrected chi connectivity index (χ3v) is 5.35. The summed E-state index contributed by atoms with van der Waals surface area (Å²) in [7, 11) is 0. The Morgan fingerprint density at radius 2 is 2.11 bits per heavy atom. The second kappa shape index (κ2) is 7.42. The van der Waals surface area contributed by atoms with Gasteiger partial charge in [-0.3, -0.25) is 19.4 Å². The predicted octanol–water partition coefficient (Wildman–Crippen LogP) is 2.55. The lowest BCUT2D eigenvalue weighted by Crippen LogP contribution is -2.37. The highest BCUT2D eigenvalue weighted by Gasteiger charge is 2.23. The van der Waals surface area contributed by atoms with Gasteiger partial charge in [0, 0.05) is 18.8 Å². The lowest BCUT2D eigenvalue weighted by molar-refractivity contribution is 0.0955. The van der Waals surface area contributed by atoms with Gasteiger partial charge in [-0.2, -0.15) is 0 Å². The summed E-state index contributed by atoms with van der Waals surface area (Å²) >= 11 is 0. The van der Waals surface area contributed by atoms with Crippen LogP contribution in [0, 0.1) is 5.41 Å². The average Bonchev–Trinajstić information content (AvgIpc) is 2.72. The van der Waals surface area contributed by atoms with Crippen molar-refractivity contribution >= 4 is 22.6 Å². The molecule has 1 fully saturated rings. The van der Waals surface area contributed by atoms with Gasteiger partial charge in [-0.1, -0.05) is 31.4 Å². The van der Waals surface area contributed by atoms with Gasteiger partial charge in [0.25, 0.3) is 11.5 Å². The van der Waals surface area contributed by atoms with Crippen molar-refractivity contribution in [2.75, 3.05) is 6.54 Å². The summed E-state index contributed by atoms with van der Waals surface area (Å²) in [6.07, 6.45) is 8.39. The molecule has 3 aromatic rings. The summed E-state index contributed by atoms with van der Waals surface area (Å²) in [5.41, 5.74) is 1.08. The highest BCUT2D eigenvalue weighted by Crippen LogP contribution is 2.29. The second-order valence-corrected chi connectivity index (χ2v) is 7.15. The lowest BCUT2D eigenvalue weighted by atomic mass is 9.94. The fraction of sp³-hybridized carbons (Fsp3) is 0.333. The Kier molecular flexibility index (Phi) is 4.81. The highest BCUT2D eigenvalue weighted by atomic mass is 16.1. The number of amides is 1. The first-order valence-corrected chi connectivity index (χ1v) is 9.62. The maximum absolute atomic E-state index is 13.1. The molecule has 0 radical (unpaired) electrons. The van der Waals surface area contributed by atoms with E-state index >= 15 is 0 Å². The molecule has 1 saturated carbocycles. The van der Waals surface area contributed by atoms with Gasteiger partial charge in [-0.15, -0.1) is 6.58 Å². The molecule has 1 aliphatic carbocycles. The van der Waals surface area contributed by atoms with Gasteiger partial charge in [-0.25, -0.2) is 4.98 Å². The number of aromatic nitrogens is 3. The van der Waals surface area contributed by atoms with Crippen LogP contribution in [0.15, 0.2) is 47.9 Å². The number of hydrogen-bond donors (Lipinski definition) is 2. The van der Waals surface area contributed by atoms with Gasteiger partial charge < -0.3 is 9.88 Å². The minimum atomic E-state index is -0.381. The van der Waals surface area contributed by atoms with Crippen LogP contribution in [0.25, 0.3) is 16.7 Å². The van der Waals surface area contributed by atoms with Crippen molar-refractivity contribution in [3.8, 4) is 0 Å². The Morgan fingerprint density at radius 1 is 1.32 bits per heavy atom. The Bertz CT molecular complexity index is 1190. The van der Waals surface area contributed by atoms with Crippen molar-refractivity contribution in [3.05, 3.63) is 64.5 Å². The van der Waals surface area contributed by atoms with E-state index in [1.54, 1.807) is 29.0 Å². The van der Waals surface area contributed by atoms with Crippen molar-refractivity contribution < 1.29 is 4.79 Å². The SMILES string of the molecule is C=CCNC(=O)c1cc2c(=O)n3ccccc3nc2n(C2CCCCC2)c1=N. The number of pyridine rings is 2. The van der Waals surface area contributed by atoms with Crippen molar-refractivity contribution in [2.24, 2.45) is 0 Å². The molecule has 0 atom stereocenters. The molecule has 3 heterocycles. The first-order valence-electron chi connectivity index (χ1n) is 9.62. The van der Waals surface area contributed by atoms with Crippen LogP contribution in [0.5, 0.6) is 0 Å². The first-order chi connectivity index (χ1) is 13.6. The third kappa shape index (κ3) is 3.02. The number of carbonyl (C=O) groups is 1. The minimum Gasteiger partial charge on any atom is -0.348 e. The average molecular weight is 377 g/mol. The second-order valence-electron chi connectivity index (χ2n) is 7.15. The molecule has 7 nitrogen and oxygen atoms in total. The Morgan fingerprint density at radius 3 is 2.86 bits per heavy atom. The molecule has 144 valence electrons. The Labute approximate surface area is 161 Å². The van der Waals surface area contributed by atoms with Crippen LogP contribution in [0.2, 0.25) is 0 Å². The largest absolute Gasteiger partial charge is 0.348 e. The third-order valence-electron chi connectivity index (χ3n) is 5.35. The topological polar surface area (TPSA) is 92.2 Å². The zero-order chi connectivity index (χ0) is 19.7. The normalized spacial score (nSPS) is 15.0. The maximum atomic E-state index is 13.1. The molecular formula is C21H23N5O2. The van der Waals surface area contributed by atoms with Gasteiger partial charge in [0.15, 0.2) is 0 Å². The zero-order valence-corrected chi connectivity index (χ0v) is 15.6. The highest BCUT2D eigenvalue weighted by molar-refractivity contribution is 5.96. The molecule has 0 unspecified atom stereocenters. The molecular weight excluding hydrogens is 354 g/mol. The van der Waals surface area contributed by atoms with Crippen LogP contribution in [-0.2, 0) is 0 Å². The maximum Gasteiger partial charge on any atom is 0.267 e. The van der Waals surface area contributed by atoms with Crippen molar-refractivity contribution in [2.45, 2.75) is 38.1 Å². The van der Waals surface area contributed by atoms with Gasteiger partial charge in [0.1, 0.15) is 16.8 Å². The van der Waals surface area contributed by atoms with Crippen LogP contribution < -0.4 is 16.4 Å². The number of nitrogens with one attached hydrogen (secondary N) is 2. The number of nitrogens with zero attached hydrogens (tertiary/aromatic N) is 3. The molecule has 0 spiro atoms. The van der Waals surface area contributed by atoms with E-state index in [2.05, 4.69) is 11.9 Å². The van der Waals surface area contributed by atoms with E-state index in [9.17, 15) is 9.59 Å². The summed E-state index contributed by atoms with van der Waals surface area (Å²) in [5, 5.41) is 11.8. The molecule has 1 amide bonds. The summed E-state index contributed by atoms with van der Waals surface area (Å²) in [6, 6.07) is 6.95. The van der Waals surface area contributed by atoms with Crippen LogP contribution in [-0.4, -0.2) is 26.4 Å². The first kappa shape index (κ1) is 18.2. The summed E-state index contributed by atoms with van der Waals surface area (Å²) in [5.74, 6) is -0.381. The number of hydrogen-bond acceptors (Lipinski definition) is 4. The standard InChI is InChI=1S/C21H23N5O2/c1-2-11-23-20(27)15-13-16-19(24-17-10-6-7-12-25(17)21(16)28)26(18(15)22)14-8-4-3-5-9-14/h2,6-7,10,12-14,22H,1,3-5,8-9,11H2,(H,23,27). The molecule has 0 aromatic carbocycles. The predicted molar refractivity (Wildman–Crippen MR) is 107 cm³/mol. The molecule has 28 heavy (non-hydrogen) atoms. The molecule has 7 heteroatoms. The number of rotatable bonds is 4. The fourth-order valence-electron chi connectivity index (χ4n) is 3.98. The van der Waals surface area contributed by atoms with E-state index in [0.29, 0.717) is 23.2 Å². The Hall–Kier alpha value is -3.22. The van der Waals surface area contributed by atoms with Gasteiger partial charge in [-0.05, 0) is 31.0 Å². The number of carbonyl (C=O) groups excluding carboxylic acids is 1. The van der Waals surface area contributed by atoms with E-state index in [0.717, 1.165) is 25.7 Å². The smallest absolute Gasteiger partial charge is 0.267 e. The molecule has 0 aliphatic heterocycles.